The Balaban J connectivity index is 1.75. The number of carbonyl (C=O) groups excluding carboxylic acids is 2. The van der Waals surface area contributed by atoms with Gasteiger partial charge in [0.15, 0.2) is 0 Å². The third kappa shape index (κ3) is 9.81. The molecule has 0 radical (unpaired) electrons. The van der Waals surface area contributed by atoms with E-state index in [1.807, 2.05) is 0 Å². The third-order valence-electron chi connectivity index (χ3n) is 6.42. The van der Waals surface area contributed by atoms with E-state index in [9.17, 15) is 19.5 Å². The van der Waals surface area contributed by atoms with Crippen molar-refractivity contribution in [1.29, 1.82) is 0 Å². The lowest BCUT2D eigenvalue weighted by atomic mass is 10.1. The zero-order chi connectivity index (χ0) is 30.1. The minimum Gasteiger partial charge on any atom is -0.481 e. The Kier molecular flexibility index (Phi) is 11.6. The molecular weight excluding hydrogens is 589 g/mol. The average molecular weight is 621 g/mol. The van der Waals surface area contributed by atoms with Crippen molar-refractivity contribution in [3.63, 3.8) is 0 Å². The molecule has 1 fully saturated rings. The molecule has 0 unspecified atom stereocenters. The van der Waals surface area contributed by atoms with Gasteiger partial charge in [-0.3, -0.25) is 14.4 Å². The van der Waals surface area contributed by atoms with E-state index < -0.39 is 12.4 Å². The van der Waals surface area contributed by atoms with Crippen LogP contribution in [-0.2, 0) is 16.0 Å². The normalized spacial score (nSPS) is 14.3. The van der Waals surface area contributed by atoms with Gasteiger partial charge in [0.05, 0.1) is 23.0 Å². The number of nitrogens with zero attached hydrogens (tertiary/aromatic N) is 2. The van der Waals surface area contributed by atoms with Gasteiger partial charge in [-0.2, -0.15) is 0 Å². The predicted molar refractivity (Wildman–Crippen MR) is 163 cm³/mol. The molecule has 41 heavy (non-hydrogen) atoms. The maximum absolute atomic E-state index is 12.7. The molecule has 0 atom stereocenters. The number of amidine groups is 1. The molecule has 0 aliphatic heterocycles. The highest BCUT2D eigenvalue weighted by Crippen LogP contribution is 2.25. The minimum absolute atomic E-state index is 0.0101. The number of likely N-dealkylation sites (N-methyl/N-ethyl adjacent to an activating group) is 1. The van der Waals surface area contributed by atoms with Crippen LogP contribution in [0.5, 0.6) is 0 Å². The van der Waals surface area contributed by atoms with Gasteiger partial charge in [0.1, 0.15) is 11.7 Å². The fourth-order valence-electron chi connectivity index (χ4n) is 4.40. The summed E-state index contributed by atoms with van der Waals surface area (Å²) in [5.74, 6) is -1.37. The summed E-state index contributed by atoms with van der Waals surface area (Å²) in [5.41, 5.74) is 8.12. The van der Waals surface area contributed by atoms with Crippen molar-refractivity contribution in [1.82, 2.24) is 10.2 Å². The molecule has 0 spiro atoms. The highest BCUT2D eigenvalue weighted by Gasteiger charge is 2.22. The van der Waals surface area contributed by atoms with Crippen LogP contribution in [0.25, 0.3) is 0 Å². The van der Waals surface area contributed by atoms with Gasteiger partial charge in [-0.05, 0) is 48.7 Å². The summed E-state index contributed by atoms with van der Waals surface area (Å²) >= 11 is 18.1. The lowest BCUT2D eigenvalue weighted by molar-refractivity contribution is -0.136. The van der Waals surface area contributed by atoms with Gasteiger partial charge in [0.25, 0.3) is 5.91 Å². The number of hydrogen-bond acceptors (Lipinski definition) is 5. The number of carboxylic acid groups (broad SMARTS) is 1. The Morgan fingerprint density at radius 2 is 1.76 bits per heavy atom. The molecule has 9 nitrogen and oxygen atoms in total. The summed E-state index contributed by atoms with van der Waals surface area (Å²) in [6.07, 6.45) is 3.78. The molecule has 1 saturated carbocycles. The van der Waals surface area contributed by atoms with Gasteiger partial charge in [0.2, 0.25) is 5.91 Å². The Morgan fingerprint density at radius 1 is 1.10 bits per heavy atom. The summed E-state index contributed by atoms with van der Waals surface area (Å²) in [5, 5.41) is 15.9. The van der Waals surface area contributed by atoms with Crippen LogP contribution in [0.1, 0.15) is 48.0 Å². The van der Waals surface area contributed by atoms with Gasteiger partial charge in [-0.1, -0.05) is 66.4 Å². The van der Waals surface area contributed by atoms with Crippen molar-refractivity contribution < 1.29 is 19.5 Å². The number of nitrogens with one attached hydrogen (secondary N) is 2. The monoisotopic (exact) mass is 619 g/mol. The van der Waals surface area contributed by atoms with Crippen LogP contribution in [0, 0.1) is 0 Å². The number of rotatable bonds is 12. The second-order valence-electron chi connectivity index (χ2n) is 9.74. The molecular formula is C29H32Cl3N5O4. The summed E-state index contributed by atoms with van der Waals surface area (Å²) < 4.78 is 0. The topological polar surface area (TPSA) is 137 Å². The van der Waals surface area contributed by atoms with Gasteiger partial charge in [-0.15, -0.1) is 0 Å². The summed E-state index contributed by atoms with van der Waals surface area (Å²) in [6.45, 7) is 3.62. The van der Waals surface area contributed by atoms with Crippen molar-refractivity contribution in [3.8, 4) is 0 Å². The first-order chi connectivity index (χ1) is 19.4. The molecule has 2 aromatic rings. The highest BCUT2D eigenvalue weighted by atomic mass is 35.5. The average Bonchev–Trinajstić information content (AvgIpc) is 3.41. The quantitative estimate of drug-likeness (QED) is 0.139. The maximum Gasteiger partial charge on any atom is 0.308 e. The Hall–Kier alpha value is -3.53. The van der Waals surface area contributed by atoms with Gasteiger partial charge in [-0.25, -0.2) is 4.99 Å². The minimum atomic E-state index is -1.13. The SMILES string of the molecule is C=C(Cl)/C(CC(=O)O)=C(\N=C(N)Cc1ccc(NC(=O)c2ccc(Cl)c(Cl)c2)cc1)N(C)CC(=O)NC1CCCC1. The Bertz CT molecular complexity index is 1370. The molecule has 0 bridgehead atoms. The molecule has 0 heterocycles. The zero-order valence-corrected chi connectivity index (χ0v) is 24.8. The van der Waals surface area contributed by atoms with Crippen molar-refractivity contribution in [2.75, 3.05) is 18.9 Å². The first-order valence-corrected chi connectivity index (χ1v) is 14.0. The molecule has 218 valence electrons. The third-order valence-corrected chi connectivity index (χ3v) is 7.38. The standard InChI is InChI=1S/C29H32Cl3N5O4/c1-17(30)22(15-27(39)40)28(37(2)16-26(38)34-20-5-3-4-6-20)36-25(33)13-18-7-10-21(11-8-18)35-29(41)19-9-12-23(31)24(32)14-19/h7-12,14,20H,1,3-6,13,15-16H2,2H3,(H2,33,36)(H,34,38)(H,35,41)(H,39,40)/b28-22+. The largest absolute Gasteiger partial charge is 0.481 e. The fourth-order valence-corrected chi connectivity index (χ4v) is 4.85. The Labute approximate surface area is 254 Å². The number of nitrogens with two attached hydrogens (primary N) is 1. The van der Waals surface area contributed by atoms with Crippen LogP contribution in [0.3, 0.4) is 0 Å². The summed E-state index contributed by atoms with van der Waals surface area (Å²) in [4.78, 5) is 42.8. The molecule has 0 saturated heterocycles. The van der Waals surface area contributed by atoms with E-state index in [0.717, 1.165) is 31.2 Å². The van der Waals surface area contributed by atoms with E-state index in [2.05, 4.69) is 22.2 Å². The number of amides is 2. The van der Waals surface area contributed by atoms with Crippen molar-refractivity contribution in [2.45, 2.75) is 44.6 Å². The molecule has 1 aliphatic carbocycles. The molecule has 3 rings (SSSR count). The molecule has 2 amide bonds. The lowest BCUT2D eigenvalue weighted by Gasteiger charge is -2.23. The van der Waals surface area contributed by atoms with E-state index in [-0.39, 0.29) is 58.1 Å². The van der Waals surface area contributed by atoms with Crippen molar-refractivity contribution >= 4 is 64.1 Å². The second-order valence-corrected chi connectivity index (χ2v) is 11.0. The number of allylic oxidation sites excluding steroid dienone is 1. The molecule has 2 aromatic carbocycles. The van der Waals surface area contributed by atoms with E-state index in [0.29, 0.717) is 16.3 Å². The van der Waals surface area contributed by atoms with Crippen LogP contribution in [0.15, 0.2) is 70.5 Å². The van der Waals surface area contributed by atoms with Crippen LogP contribution in [0.4, 0.5) is 5.69 Å². The zero-order valence-electron chi connectivity index (χ0n) is 22.6. The molecule has 5 N–H and O–H groups in total. The summed E-state index contributed by atoms with van der Waals surface area (Å²) in [7, 11) is 1.62. The summed E-state index contributed by atoms with van der Waals surface area (Å²) in [6, 6.07) is 11.7. The number of anilines is 1. The van der Waals surface area contributed by atoms with Crippen molar-refractivity contribution in [3.05, 3.63) is 86.6 Å². The van der Waals surface area contributed by atoms with Crippen molar-refractivity contribution in [2.24, 2.45) is 10.7 Å². The molecule has 12 heteroatoms. The molecule has 1 aliphatic rings. The Morgan fingerprint density at radius 3 is 2.34 bits per heavy atom. The smallest absolute Gasteiger partial charge is 0.308 e. The number of hydrogen-bond donors (Lipinski definition) is 4. The van der Waals surface area contributed by atoms with Crippen LogP contribution >= 0.6 is 34.8 Å². The number of halogens is 3. The van der Waals surface area contributed by atoms with Gasteiger partial charge in [0, 0.05) is 41.4 Å². The van der Waals surface area contributed by atoms with E-state index in [1.54, 1.807) is 43.4 Å². The number of aliphatic carboxylic acids is 1. The number of aliphatic imine (C=N–C) groups is 1. The number of benzene rings is 2. The first kappa shape index (κ1) is 32.0. The number of carbonyl (C=O) groups is 3. The predicted octanol–water partition coefficient (Wildman–Crippen LogP) is 5.57. The highest BCUT2D eigenvalue weighted by molar-refractivity contribution is 6.42. The number of carboxylic acids is 1. The van der Waals surface area contributed by atoms with E-state index in [4.69, 9.17) is 40.5 Å². The first-order valence-electron chi connectivity index (χ1n) is 12.9. The van der Waals surface area contributed by atoms with E-state index in [1.165, 1.54) is 11.0 Å². The maximum atomic E-state index is 12.7. The van der Waals surface area contributed by atoms with Crippen LogP contribution < -0.4 is 16.4 Å². The van der Waals surface area contributed by atoms with Crippen LogP contribution in [-0.4, -0.2) is 53.3 Å². The molecule has 0 aromatic heterocycles. The van der Waals surface area contributed by atoms with E-state index >= 15 is 0 Å². The second kappa shape index (κ2) is 14.9. The fraction of sp³-hybridized carbons (Fsp3) is 0.310. The van der Waals surface area contributed by atoms with Gasteiger partial charge >= 0.3 is 5.97 Å². The lowest BCUT2D eigenvalue weighted by Crippen LogP contribution is -2.40. The van der Waals surface area contributed by atoms with Gasteiger partial charge < -0.3 is 26.4 Å². The van der Waals surface area contributed by atoms with Crippen LogP contribution in [0.2, 0.25) is 10.0 Å².